The van der Waals surface area contributed by atoms with Crippen LogP contribution in [0.3, 0.4) is 0 Å². The summed E-state index contributed by atoms with van der Waals surface area (Å²) in [6, 6.07) is 0. The molecule has 0 N–H and O–H groups in total. The Morgan fingerprint density at radius 1 is 1.30 bits per heavy atom. The zero-order valence-corrected chi connectivity index (χ0v) is 7.52. The predicted octanol–water partition coefficient (Wildman–Crippen LogP) is 1.19. The zero-order chi connectivity index (χ0) is 7.82. The van der Waals surface area contributed by atoms with E-state index in [0.717, 1.165) is 26.2 Å². The van der Waals surface area contributed by atoms with Gasteiger partial charge in [0.15, 0.2) is 0 Å². The van der Waals surface area contributed by atoms with Crippen LogP contribution >= 0.6 is 11.6 Å². The van der Waals surface area contributed by atoms with Gasteiger partial charge in [-0.1, -0.05) is 0 Å². The number of hydrogen-bond acceptors (Lipinski definition) is 2. The Kier molecular flexibility index (Phi) is 7.47. The molecule has 0 aliphatic carbocycles. The molecule has 62 valence electrons. The number of ether oxygens (including phenoxy) is 1. The van der Waals surface area contributed by atoms with Gasteiger partial charge in [-0.2, -0.15) is 0 Å². The second-order valence-corrected chi connectivity index (χ2v) is 2.84. The molecule has 0 saturated carbocycles. The van der Waals surface area contributed by atoms with Crippen LogP contribution in [-0.4, -0.2) is 44.6 Å². The van der Waals surface area contributed by atoms with Crippen molar-refractivity contribution in [2.75, 3.05) is 39.7 Å². The van der Waals surface area contributed by atoms with Crippen LogP contribution in [0.2, 0.25) is 0 Å². The maximum Gasteiger partial charge on any atom is 0.0593 e. The Balaban J connectivity index is 2.77. The van der Waals surface area contributed by atoms with Crippen molar-refractivity contribution in [3.05, 3.63) is 0 Å². The van der Waals surface area contributed by atoms with Gasteiger partial charge in [0, 0.05) is 19.0 Å². The largest absolute Gasteiger partial charge is 0.380 e. The summed E-state index contributed by atoms with van der Waals surface area (Å²) in [7, 11) is 4.07. The average Bonchev–Trinajstić information content (AvgIpc) is 1.87. The van der Waals surface area contributed by atoms with Gasteiger partial charge in [0.1, 0.15) is 0 Å². The Morgan fingerprint density at radius 2 is 2.00 bits per heavy atom. The average molecular weight is 166 g/mol. The summed E-state index contributed by atoms with van der Waals surface area (Å²) in [5, 5.41) is 0. The minimum Gasteiger partial charge on any atom is -0.380 e. The van der Waals surface area contributed by atoms with Crippen molar-refractivity contribution in [1.29, 1.82) is 0 Å². The van der Waals surface area contributed by atoms with E-state index in [-0.39, 0.29) is 0 Å². The molecule has 0 spiro atoms. The van der Waals surface area contributed by atoms with Gasteiger partial charge in [-0.3, -0.25) is 0 Å². The van der Waals surface area contributed by atoms with Crippen LogP contribution in [0, 0.1) is 0 Å². The number of rotatable bonds is 6. The van der Waals surface area contributed by atoms with Crippen LogP contribution in [0.15, 0.2) is 0 Å². The van der Waals surface area contributed by atoms with E-state index in [1.807, 2.05) is 14.1 Å². The molecule has 0 heterocycles. The molecule has 10 heavy (non-hydrogen) atoms. The summed E-state index contributed by atoms with van der Waals surface area (Å²) in [5.41, 5.74) is 0. The van der Waals surface area contributed by atoms with Crippen molar-refractivity contribution in [2.45, 2.75) is 6.42 Å². The first-order chi connectivity index (χ1) is 4.77. The molecule has 3 heteroatoms. The fourth-order valence-electron chi connectivity index (χ4n) is 0.506. The molecule has 0 rings (SSSR count). The molecule has 0 fully saturated rings. The van der Waals surface area contributed by atoms with Gasteiger partial charge in [0.05, 0.1) is 6.61 Å². The van der Waals surface area contributed by atoms with Crippen LogP contribution in [0.25, 0.3) is 0 Å². The molecule has 0 radical (unpaired) electrons. The van der Waals surface area contributed by atoms with Crippen molar-refractivity contribution in [3.63, 3.8) is 0 Å². The molecule has 0 amide bonds. The Hall–Kier alpha value is 0.210. The highest BCUT2D eigenvalue weighted by Crippen LogP contribution is 1.86. The second kappa shape index (κ2) is 7.32. The molecule has 0 atom stereocenters. The van der Waals surface area contributed by atoms with Gasteiger partial charge < -0.3 is 9.64 Å². The van der Waals surface area contributed by atoms with Gasteiger partial charge in [-0.05, 0) is 20.5 Å². The molecule has 0 aliphatic heterocycles. The number of likely N-dealkylation sites (N-methyl/N-ethyl adjacent to an activating group) is 1. The summed E-state index contributed by atoms with van der Waals surface area (Å²) in [5.74, 6) is 0.696. The number of nitrogens with zero attached hydrogens (tertiary/aromatic N) is 1. The van der Waals surface area contributed by atoms with Crippen molar-refractivity contribution >= 4 is 11.6 Å². The van der Waals surface area contributed by atoms with E-state index in [1.54, 1.807) is 0 Å². The quantitative estimate of drug-likeness (QED) is 0.433. The highest BCUT2D eigenvalue weighted by molar-refractivity contribution is 6.17. The summed E-state index contributed by atoms with van der Waals surface area (Å²) in [4.78, 5) is 2.10. The van der Waals surface area contributed by atoms with Gasteiger partial charge in [-0.15, -0.1) is 11.6 Å². The van der Waals surface area contributed by atoms with E-state index < -0.39 is 0 Å². The number of halogens is 1. The summed E-state index contributed by atoms with van der Waals surface area (Å²) < 4.78 is 5.26. The van der Waals surface area contributed by atoms with Crippen molar-refractivity contribution < 1.29 is 4.74 Å². The lowest BCUT2D eigenvalue weighted by Gasteiger charge is -2.08. The third-order valence-corrected chi connectivity index (χ3v) is 1.37. The zero-order valence-electron chi connectivity index (χ0n) is 6.77. The molecule has 0 unspecified atom stereocenters. The molecule has 0 aromatic heterocycles. The smallest absolute Gasteiger partial charge is 0.0593 e. The van der Waals surface area contributed by atoms with E-state index in [9.17, 15) is 0 Å². The molecule has 0 bridgehead atoms. The van der Waals surface area contributed by atoms with E-state index in [2.05, 4.69) is 4.90 Å². The third-order valence-electron chi connectivity index (χ3n) is 1.11. The maximum atomic E-state index is 5.45. The number of alkyl halides is 1. The fourth-order valence-corrected chi connectivity index (χ4v) is 0.615. The maximum absolute atomic E-state index is 5.45. The molecule has 0 aliphatic rings. The van der Waals surface area contributed by atoms with Crippen LogP contribution < -0.4 is 0 Å². The minimum atomic E-state index is 0.696. The van der Waals surface area contributed by atoms with Gasteiger partial charge in [0.2, 0.25) is 0 Å². The van der Waals surface area contributed by atoms with Gasteiger partial charge >= 0.3 is 0 Å². The second-order valence-electron chi connectivity index (χ2n) is 2.46. The van der Waals surface area contributed by atoms with Crippen LogP contribution in [0.5, 0.6) is 0 Å². The predicted molar refractivity (Wildman–Crippen MR) is 44.7 cm³/mol. The van der Waals surface area contributed by atoms with Crippen molar-refractivity contribution in [1.82, 2.24) is 4.90 Å². The fraction of sp³-hybridized carbons (Fsp3) is 1.00. The molecule has 0 aromatic rings. The number of hydrogen-bond donors (Lipinski definition) is 0. The topological polar surface area (TPSA) is 12.5 Å². The minimum absolute atomic E-state index is 0.696. The lowest BCUT2D eigenvalue weighted by molar-refractivity contribution is 0.118. The lowest BCUT2D eigenvalue weighted by Crippen LogP contribution is -2.18. The van der Waals surface area contributed by atoms with Crippen LogP contribution in [0.4, 0.5) is 0 Å². The first kappa shape index (κ1) is 10.2. The van der Waals surface area contributed by atoms with Crippen LogP contribution in [0.1, 0.15) is 6.42 Å². The van der Waals surface area contributed by atoms with E-state index in [0.29, 0.717) is 5.88 Å². The van der Waals surface area contributed by atoms with E-state index in [1.165, 1.54) is 0 Å². The third kappa shape index (κ3) is 8.21. The summed E-state index contributed by atoms with van der Waals surface area (Å²) in [6.45, 7) is 2.59. The van der Waals surface area contributed by atoms with E-state index >= 15 is 0 Å². The first-order valence-corrected chi connectivity index (χ1v) is 4.09. The van der Waals surface area contributed by atoms with Crippen LogP contribution in [-0.2, 0) is 4.74 Å². The normalized spacial score (nSPS) is 10.8. The summed E-state index contributed by atoms with van der Waals surface area (Å²) in [6.07, 6.45) is 0.953. The van der Waals surface area contributed by atoms with E-state index in [4.69, 9.17) is 16.3 Å². The van der Waals surface area contributed by atoms with Crippen molar-refractivity contribution in [2.24, 2.45) is 0 Å². The SMILES string of the molecule is CN(C)CCOCCCCl. The Bertz CT molecular complexity index is 68.6. The highest BCUT2D eigenvalue weighted by Gasteiger charge is 1.89. The van der Waals surface area contributed by atoms with Gasteiger partial charge in [0.25, 0.3) is 0 Å². The molecule has 0 saturated heterocycles. The monoisotopic (exact) mass is 165 g/mol. The Morgan fingerprint density at radius 3 is 2.50 bits per heavy atom. The first-order valence-electron chi connectivity index (χ1n) is 3.56. The molecule has 2 nitrogen and oxygen atoms in total. The standard InChI is InChI=1S/C7H16ClNO/c1-9(2)5-7-10-6-3-4-8/h3-7H2,1-2H3. The van der Waals surface area contributed by atoms with Crippen molar-refractivity contribution in [3.8, 4) is 0 Å². The lowest BCUT2D eigenvalue weighted by atomic mass is 10.5. The highest BCUT2D eigenvalue weighted by atomic mass is 35.5. The Labute approximate surface area is 68.1 Å². The summed E-state index contributed by atoms with van der Waals surface area (Å²) >= 11 is 5.45. The molecule has 0 aromatic carbocycles. The van der Waals surface area contributed by atoms with Gasteiger partial charge in [-0.25, -0.2) is 0 Å². The molecular weight excluding hydrogens is 150 g/mol. The molecular formula is C7H16ClNO.